The van der Waals surface area contributed by atoms with Gasteiger partial charge in [-0.3, -0.25) is 10.1 Å². The summed E-state index contributed by atoms with van der Waals surface area (Å²) in [6.07, 6.45) is 3.18. The number of fused-ring (bicyclic) bond motifs is 3. The number of nitro groups is 1. The molecule has 1 unspecified atom stereocenters. The molecule has 0 spiro atoms. The van der Waals surface area contributed by atoms with Gasteiger partial charge in [-0.25, -0.2) is 0 Å². The van der Waals surface area contributed by atoms with Gasteiger partial charge in [-0.15, -0.1) is 0 Å². The zero-order chi connectivity index (χ0) is 14.1. The number of nitro benzene ring substituents is 1. The first-order valence-electron chi connectivity index (χ1n) is 7.43. The average Bonchev–Trinajstić information content (AvgIpc) is 2.48. The Kier molecular flexibility index (Phi) is 3.61. The highest BCUT2D eigenvalue weighted by Gasteiger charge is 2.34. The molecular formula is C15H21N3O2. The maximum absolute atomic E-state index is 11.1. The van der Waals surface area contributed by atoms with E-state index in [1.54, 1.807) is 6.07 Å². The number of aryl methyl sites for hydroxylation is 1. The van der Waals surface area contributed by atoms with Crippen molar-refractivity contribution >= 4 is 11.4 Å². The van der Waals surface area contributed by atoms with Gasteiger partial charge < -0.3 is 10.2 Å². The standard InChI is InChI=1S/C15H21N3O2/c1-2-11-3-4-13(9-15(11)18(19)20)16-14-10-17-7-5-12(14)6-8-17/h3-4,9,12,14,16H,2,5-8,10H2,1H3. The number of hydrogen-bond donors (Lipinski definition) is 1. The van der Waals surface area contributed by atoms with E-state index in [4.69, 9.17) is 0 Å². The third-order valence-corrected chi connectivity index (χ3v) is 4.67. The third-order valence-electron chi connectivity index (χ3n) is 4.67. The molecule has 20 heavy (non-hydrogen) atoms. The first-order valence-corrected chi connectivity index (χ1v) is 7.43. The first-order chi connectivity index (χ1) is 9.67. The van der Waals surface area contributed by atoms with Crippen LogP contribution in [0.5, 0.6) is 0 Å². The van der Waals surface area contributed by atoms with E-state index in [0.29, 0.717) is 18.4 Å². The summed E-state index contributed by atoms with van der Waals surface area (Å²) in [4.78, 5) is 13.3. The largest absolute Gasteiger partial charge is 0.381 e. The fourth-order valence-corrected chi connectivity index (χ4v) is 3.47. The highest BCUT2D eigenvalue weighted by molar-refractivity contribution is 5.56. The van der Waals surface area contributed by atoms with E-state index >= 15 is 0 Å². The molecule has 0 saturated carbocycles. The lowest BCUT2D eigenvalue weighted by molar-refractivity contribution is -0.385. The first kappa shape index (κ1) is 13.4. The number of rotatable bonds is 4. The Morgan fingerprint density at radius 2 is 2.15 bits per heavy atom. The Morgan fingerprint density at radius 1 is 1.40 bits per heavy atom. The van der Waals surface area contributed by atoms with Crippen molar-refractivity contribution in [1.82, 2.24) is 4.90 Å². The van der Waals surface area contributed by atoms with Crippen LogP contribution in [0.1, 0.15) is 25.3 Å². The molecule has 3 heterocycles. The van der Waals surface area contributed by atoms with Gasteiger partial charge in [0.25, 0.3) is 5.69 Å². The van der Waals surface area contributed by atoms with Gasteiger partial charge in [-0.2, -0.15) is 0 Å². The minimum Gasteiger partial charge on any atom is -0.381 e. The molecule has 0 radical (unpaired) electrons. The highest BCUT2D eigenvalue weighted by atomic mass is 16.6. The molecule has 3 fully saturated rings. The number of nitrogens with one attached hydrogen (secondary N) is 1. The zero-order valence-corrected chi connectivity index (χ0v) is 11.8. The summed E-state index contributed by atoms with van der Waals surface area (Å²) in [6.45, 7) is 5.42. The number of anilines is 1. The van der Waals surface area contributed by atoms with Crippen LogP contribution >= 0.6 is 0 Å². The van der Waals surface area contributed by atoms with E-state index < -0.39 is 0 Å². The molecule has 0 aliphatic carbocycles. The van der Waals surface area contributed by atoms with Gasteiger partial charge >= 0.3 is 0 Å². The molecule has 5 heteroatoms. The second-order valence-electron chi connectivity index (χ2n) is 5.84. The lowest BCUT2D eigenvalue weighted by Gasteiger charge is -2.45. The van der Waals surface area contributed by atoms with Gasteiger partial charge in [0, 0.05) is 29.9 Å². The number of piperidine rings is 3. The Balaban J connectivity index is 1.77. The van der Waals surface area contributed by atoms with Crippen LogP contribution in [-0.2, 0) is 6.42 Å². The molecular weight excluding hydrogens is 254 g/mol. The normalized spacial score (nSPS) is 28.4. The van der Waals surface area contributed by atoms with Crippen molar-refractivity contribution in [2.24, 2.45) is 5.92 Å². The molecule has 1 N–H and O–H groups in total. The summed E-state index contributed by atoms with van der Waals surface area (Å²) in [5, 5.41) is 14.6. The quantitative estimate of drug-likeness (QED) is 0.678. The number of nitrogens with zero attached hydrogens (tertiary/aromatic N) is 2. The van der Waals surface area contributed by atoms with Crippen LogP contribution in [0.4, 0.5) is 11.4 Å². The second-order valence-corrected chi connectivity index (χ2v) is 5.84. The van der Waals surface area contributed by atoms with Crippen LogP contribution in [0.2, 0.25) is 0 Å². The Morgan fingerprint density at radius 3 is 2.70 bits per heavy atom. The fourth-order valence-electron chi connectivity index (χ4n) is 3.47. The summed E-state index contributed by atoms with van der Waals surface area (Å²) in [5.74, 6) is 0.713. The molecule has 4 rings (SSSR count). The average molecular weight is 275 g/mol. The van der Waals surface area contributed by atoms with E-state index in [9.17, 15) is 10.1 Å². The van der Waals surface area contributed by atoms with Crippen molar-refractivity contribution in [1.29, 1.82) is 0 Å². The molecule has 1 aromatic rings. The van der Waals surface area contributed by atoms with Gasteiger partial charge in [0.1, 0.15) is 0 Å². The Labute approximate surface area is 119 Å². The fraction of sp³-hybridized carbons (Fsp3) is 0.600. The molecule has 0 amide bonds. The van der Waals surface area contributed by atoms with E-state index in [2.05, 4.69) is 10.2 Å². The predicted octanol–water partition coefficient (Wildman–Crippen LogP) is 2.66. The molecule has 2 bridgehead atoms. The third kappa shape index (κ3) is 2.50. The van der Waals surface area contributed by atoms with E-state index in [0.717, 1.165) is 17.8 Å². The summed E-state index contributed by atoms with van der Waals surface area (Å²) < 4.78 is 0. The van der Waals surface area contributed by atoms with E-state index in [1.165, 1.54) is 25.9 Å². The SMILES string of the molecule is CCc1ccc(NC2CN3CCC2CC3)cc1[N+](=O)[O-]. The van der Waals surface area contributed by atoms with Crippen molar-refractivity contribution in [2.45, 2.75) is 32.2 Å². The number of hydrogen-bond acceptors (Lipinski definition) is 4. The van der Waals surface area contributed by atoms with Gasteiger partial charge in [-0.1, -0.05) is 13.0 Å². The minimum atomic E-state index is -0.277. The molecule has 3 aliphatic rings. The topological polar surface area (TPSA) is 58.4 Å². The lowest BCUT2D eigenvalue weighted by atomic mass is 9.84. The Bertz CT molecular complexity index is 510. The predicted molar refractivity (Wildman–Crippen MR) is 79.0 cm³/mol. The van der Waals surface area contributed by atoms with Crippen molar-refractivity contribution in [3.05, 3.63) is 33.9 Å². The van der Waals surface area contributed by atoms with Gasteiger partial charge in [-0.05, 0) is 44.3 Å². The smallest absolute Gasteiger partial charge is 0.274 e. The van der Waals surface area contributed by atoms with Crippen LogP contribution < -0.4 is 5.32 Å². The van der Waals surface area contributed by atoms with Crippen molar-refractivity contribution in [3.8, 4) is 0 Å². The second kappa shape index (κ2) is 5.40. The molecule has 3 aliphatic heterocycles. The molecule has 1 atom stereocenters. The van der Waals surface area contributed by atoms with E-state index in [-0.39, 0.29) is 10.6 Å². The molecule has 108 valence electrons. The van der Waals surface area contributed by atoms with Gasteiger partial charge in [0.15, 0.2) is 0 Å². The van der Waals surface area contributed by atoms with Crippen molar-refractivity contribution in [3.63, 3.8) is 0 Å². The van der Waals surface area contributed by atoms with Gasteiger partial charge in [0.2, 0.25) is 0 Å². The molecule has 3 saturated heterocycles. The molecule has 0 aromatic heterocycles. The molecule has 5 nitrogen and oxygen atoms in total. The summed E-state index contributed by atoms with van der Waals surface area (Å²) >= 11 is 0. The van der Waals surface area contributed by atoms with E-state index in [1.807, 2.05) is 19.1 Å². The summed E-state index contributed by atoms with van der Waals surface area (Å²) in [7, 11) is 0. The van der Waals surface area contributed by atoms with Crippen molar-refractivity contribution in [2.75, 3.05) is 25.0 Å². The van der Waals surface area contributed by atoms with Crippen LogP contribution in [0, 0.1) is 16.0 Å². The van der Waals surface area contributed by atoms with Crippen LogP contribution in [0.15, 0.2) is 18.2 Å². The Hall–Kier alpha value is -1.62. The number of benzene rings is 1. The van der Waals surface area contributed by atoms with Gasteiger partial charge in [0.05, 0.1) is 4.92 Å². The minimum absolute atomic E-state index is 0.235. The molecule has 1 aromatic carbocycles. The van der Waals surface area contributed by atoms with Crippen LogP contribution in [0.3, 0.4) is 0 Å². The lowest BCUT2D eigenvalue weighted by Crippen LogP contribution is -2.53. The van der Waals surface area contributed by atoms with Crippen LogP contribution in [-0.4, -0.2) is 35.5 Å². The maximum Gasteiger partial charge on any atom is 0.274 e. The highest BCUT2D eigenvalue weighted by Crippen LogP contribution is 2.31. The van der Waals surface area contributed by atoms with Crippen molar-refractivity contribution < 1.29 is 4.92 Å². The monoisotopic (exact) mass is 275 g/mol. The summed E-state index contributed by atoms with van der Waals surface area (Å²) in [5.41, 5.74) is 1.92. The maximum atomic E-state index is 11.1. The van der Waals surface area contributed by atoms with Crippen LogP contribution in [0.25, 0.3) is 0 Å². The zero-order valence-electron chi connectivity index (χ0n) is 11.8. The summed E-state index contributed by atoms with van der Waals surface area (Å²) in [6, 6.07) is 5.98.